The van der Waals surface area contributed by atoms with Gasteiger partial charge in [-0.2, -0.15) is 0 Å². The number of pyridine rings is 1. The number of hydrogen-bond donors (Lipinski definition) is 0. The highest BCUT2D eigenvalue weighted by molar-refractivity contribution is 7.90. The molecule has 31 heavy (non-hydrogen) atoms. The average molecular weight is 443 g/mol. The molecular weight excluding hydrogens is 424 g/mol. The van der Waals surface area contributed by atoms with Gasteiger partial charge in [0.05, 0.1) is 12.0 Å². The first-order valence-corrected chi connectivity index (χ1v) is 11.3. The van der Waals surface area contributed by atoms with Gasteiger partial charge in [0.25, 0.3) is 0 Å². The smallest absolute Gasteiger partial charge is 0.175 e. The van der Waals surface area contributed by atoms with Crippen LogP contribution in [0, 0.1) is 11.6 Å². The molecule has 0 spiro atoms. The van der Waals surface area contributed by atoms with Gasteiger partial charge in [-0.05, 0) is 42.7 Å². The first kappa shape index (κ1) is 20.9. The molecule has 0 unspecified atom stereocenters. The Labute approximate surface area is 178 Å². The standard InChI is InChI=1S/C22H19F2N3O3S/c1-30-21-12-15(23)11-20(24)19(21)10-6-16-5-9-18(22-26-25-13-27(16)22)14-3-7-17(8-4-14)31(2,28)29/h3-5,7-9,11-13H,6,10H2,1-2H3. The lowest BCUT2D eigenvalue weighted by Gasteiger charge is -2.12. The third-order valence-electron chi connectivity index (χ3n) is 5.10. The summed E-state index contributed by atoms with van der Waals surface area (Å²) in [7, 11) is -1.91. The molecule has 0 radical (unpaired) electrons. The summed E-state index contributed by atoms with van der Waals surface area (Å²) in [6.07, 6.45) is 3.47. The van der Waals surface area contributed by atoms with Crippen molar-refractivity contribution in [2.75, 3.05) is 13.4 Å². The Kier molecular flexibility index (Phi) is 5.45. The number of benzene rings is 2. The van der Waals surface area contributed by atoms with Gasteiger partial charge in [-0.3, -0.25) is 4.40 Å². The number of methoxy groups -OCH3 is 1. The molecule has 0 fully saturated rings. The van der Waals surface area contributed by atoms with Crippen molar-refractivity contribution in [3.8, 4) is 16.9 Å². The van der Waals surface area contributed by atoms with Crippen LogP contribution in [-0.4, -0.2) is 36.4 Å². The summed E-state index contributed by atoms with van der Waals surface area (Å²) in [5.74, 6) is -1.18. The first-order valence-electron chi connectivity index (χ1n) is 9.42. The molecule has 160 valence electrons. The molecule has 2 aromatic heterocycles. The van der Waals surface area contributed by atoms with Crippen LogP contribution in [0.1, 0.15) is 11.3 Å². The molecule has 0 aliphatic carbocycles. The van der Waals surface area contributed by atoms with Crippen LogP contribution in [-0.2, 0) is 22.7 Å². The second kappa shape index (κ2) is 8.07. The van der Waals surface area contributed by atoms with Crippen molar-refractivity contribution in [2.24, 2.45) is 0 Å². The maximum Gasteiger partial charge on any atom is 0.175 e. The fourth-order valence-corrected chi connectivity index (χ4v) is 4.16. The number of ether oxygens (including phenoxy) is 1. The Hall–Kier alpha value is -3.33. The van der Waals surface area contributed by atoms with Gasteiger partial charge in [0.15, 0.2) is 15.5 Å². The molecule has 4 aromatic rings. The van der Waals surface area contributed by atoms with Crippen LogP contribution in [0.5, 0.6) is 5.75 Å². The highest BCUT2D eigenvalue weighted by Crippen LogP contribution is 2.28. The zero-order valence-corrected chi connectivity index (χ0v) is 17.7. The summed E-state index contributed by atoms with van der Waals surface area (Å²) in [6.45, 7) is 0. The van der Waals surface area contributed by atoms with Crippen molar-refractivity contribution in [2.45, 2.75) is 17.7 Å². The van der Waals surface area contributed by atoms with E-state index in [-0.39, 0.29) is 10.6 Å². The summed E-state index contributed by atoms with van der Waals surface area (Å²) >= 11 is 0. The number of rotatable bonds is 6. The van der Waals surface area contributed by atoms with Crippen molar-refractivity contribution in [3.63, 3.8) is 0 Å². The van der Waals surface area contributed by atoms with Crippen LogP contribution in [0.2, 0.25) is 0 Å². The zero-order chi connectivity index (χ0) is 22.2. The first-order chi connectivity index (χ1) is 14.8. The van der Waals surface area contributed by atoms with Crippen LogP contribution in [0.4, 0.5) is 8.78 Å². The topological polar surface area (TPSA) is 73.6 Å². The van der Waals surface area contributed by atoms with Crippen LogP contribution >= 0.6 is 0 Å². The van der Waals surface area contributed by atoms with Crippen LogP contribution in [0.25, 0.3) is 16.8 Å². The second-order valence-electron chi connectivity index (χ2n) is 7.13. The molecule has 0 aliphatic rings. The molecule has 2 aromatic carbocycles. The van der Waals surface area contributed by atoms with Crippen molar-refractivity contribution >= 4 is 15.5 Å². The third-order valence-corrected chi connectivity index (χ3v) is 6.23. The van der Waals surface area contributed by atoms with E-state index in [0.29, 0.717) is 24.1 Å². The van der Waals surface area contributed by atoms with E-state index in [1.807, 2.05) is 12.1 Å². The number of aromatic nitrogens is 3. The van der Waals surface area contributed by atoms with Gasteiger partial charge >= 0.3 is 0 Å². The lowest BCUT2D eigenvalue weighted by atomic mass is 10.0. The number of nitrogens with zero attached hydrogens (tertiary/aromatic N) is 3. The molecular formula is C22H19F2N3O3S. The van der Waals surface area contributed by atoms with E-state index in [1.54, 1.807) is 35.0 Å². The number of aryl methyl sites for hydroxylation is 1. The Bertz CT molecular complexity index is 1370. The minimum Gasteiger partial charge on any atom is -0.496 e. The Morgan fingerprint density at radius 3 is 2.45 bits per heavy atom. The number of fused-ring (bicyclic) bond motifs is 1. The van der Waals surface area contributed by atoms with Gasteiger partial charge < -0.3 is 4.74 Å². The van der Waals surface area contributed by atoms with Crippen molar-refractivity contribution in [1.82, 2.24) is 14.6 Å². The zero-order valence-electron chi connectivity index (χ0n) is 16.8. The molecule has 0 N–H and O–H groups in total. The monoisotopic (exact) mass is 443 g/mol. The fourth-order valence-electron chi connectivity index (χ4n) is 3.53. The van der Waals surface area contributed by atoms with E-state index in [9.17, 15) is 17.2 Å². The quantitative estimate of drug-likeness (QED) is 0.452. The molecule has 0 saturated carbocycles. The lowest BCUT2D eigenvalue weighted by Crippen LogP contribution is -2.04. The van der Waals surface area contributed by atoms with Crippen molar-refractivity contribution < 1.29 is 21.9 Å². The SMILES string of the molecule is COc1cc(F)cc(F)c1CCc1ccc(-c2ccc(S(C)(=O)=O)cc2)c2nncn12. The molecule has 9 heteroatoms. The molecule has 0 saturated heterocycles. The predicted molar refractivity (Wildman–Crippen MR) is 112 cm³/mol. The Morgan fingerprint density at radius 2 is 1.77 bits per heavy atom. The summed E-state index contributed by atoms with van der Waals surface area (Å²) in [4.78, 5) is 0.237. The van der Waals surface area contributed by atoms with Gasteiger partial charge in [0, 0.05) is 35.2 Å². The number of hydrogen-bond acceptors (Lipinski definition) is 5. The average Bonchev–Trinajstić information content (AvgIpc) is 3.22. The molecule has 2 heterocycles. The highest BCUT2D eigenvalue weighted by Gasteiger charge is 2.15. The Balaban J connectivity index is 1.66. The van der Waals surface area contributed by atoms with Crippen molar-refractivity contribution in [1.29, 1.82) is 0 Å². The van der Waals surface area contributed by atoms with Gasteiger partial charge in [-0.1, -0.05) is 12.1 Å². The van der Waals surface area contributed by atoms with E-state index < -0.39 is 21.5 Å². The van der Waals surface area contributed by atoms with Crippen LogP contribution < -0.4 is 4.74 Å². The van der Waals surface area contributed by atoms with E-state index in [4.69, 9.17) is 4.74 Å². The summed E-state index contributed by atoms with van der Waals surface area (Å²) in [6, 6.07) is 12.3. The third kappa shape index (κ3) is 4.13. The molecule has 0 aliphatic heterocycles. The van der Waals surface area contributed by atoms with Crippen LogP contribution in [0.3, 0.4) is 0 Å². The maximum atomic E-state index is 14.3. The minimum atomic E-state index is -3.28. The van der Waals surface area contributed by atoms with Gasteiger partial charge in [-0.15, -0.1) is 10.2 Å². The highest BCUT2D eigenvalue weighted by atomic mass is 32.2. The normalized spacial score (nSPS) is 11.7. The summed E-state index contributed by atoms with van der Waals surface area (Å²) in [5, 5.41) is 8.18. The van der Waals surface area contributed by atoms with Crippen molar-refractivity contribution in [3.05, 3.63) is 77.8 Å². The molecule has 6 nitrogen and oxygen atoms in total. The number of sulfone groups is 1. The van der Waals surface area contributed by atoms with Gasteiger partial charge in [0.2, 0.25) is 0 Å². The predicted octanol–water partition coefficient (Wildman–Crippen LogP) is 3.87. The summed E-state index contributed by atoms with van der Waals surface area (Å²) < 4.78 is 58.0. The van der Waals surface area contributed by atoms with E-state index in [2.05, 4.69) is 10.2 Å². The van der Waals surface area contributed by atoms with E-state index >= 15 is 0 Å². The molecule has 0 bridgehead atoms. The van der Waals surface area contributed by atoms with Crippen LogP contribution in [0.15, 0.2) is 59.8 Å². The van der Waals surface area contributed by atoms with E-state index in [1.165, 1.54) is 7.11 Å². The minimum absolute atomic E-state index is 0.167. The number of halogens is 2. The summed E-state index contributed by atoms with van der Waals surface area (Å²) in [5.41, 5.74) is 3.30. The maximum absolute atomic E-state index is 14.3. The molecule has 0 amide bonds. The lowest BCUT2D eigenvalue weighted by molar-refractivity contribution is 0.399. The van der Waals surface area contributed by atoms with E-state index in [0.717, 1.165) is 35.2 Å². The fraction of sp³-hybridized carbons (Fsp3) is 0.182. The van der Waals surface area contributed by atoms with Gasteiger partial charge in [-0.25, -0.2) is 17.2 Å². The molecule has 0 atom stereocenters. The van der Waals surface area contributed by atoms with Gasteiger partial charge in [0.1, 0.15) is 23.7 Å². The molecule has 4 rings (SSSR count). The Morgan fingerprint density at radius 1 is 1.03 bits per heavy atom. The largest absolute Gasteiger partial charge is 0.496 e. The second-order valence-corrected chi connectivity index (χ2v) is 9.14.